The molecule has 6 nitrogen and oxygen atoms in total. The van der Waals surface area contributed by atoms with E-state index in [9.17, 15) is 4.79 Å². The molecule has 6 heteroatoms. The van der Waals surface area contributed by atoms with Gasteiger partial charge in [-0.1, -0.05) is 23.8 Å². The highest BCUT2D eigenvalue weighted by Gasteiger charge is 2.14. The van der Waals surface area contributed by atoms with E-state index in [1.165, 1.54) is 5.56 Å². The minimum Gasteiger partial charge on any atom is -0.441 e. The summed E-state index contributed by atoms with van der Waals surface area (Å²) >= 11 is 0. The van der Waals surface area contributed by atoms with Crippen LogP contribution in [0.25, 0.3) is 17.0 Å². The number of nitrogens with one attached hydrogen (secondary N) is 1. The second-order valence-corrected chi connectivity index (χ2v) is 7.19. The Kier molecular flexibility index (Phi) is 5.42. The van der Waals surface area contributed by atoms with E-state index in [0.717, 1.165) is 29.7 Å². The third kappa shape index (κ3) is 4.37. The average molecular weight is 388 g/mol. The molecule has 1 amide bonds. The van der Waals surface area contributed by atoms with Gasteiger partial charge in [-0.25, -0.2) is 9.97 Å². The van der Waals surface area contributed by atoms with Gasteiger partial charge in [0.1, 0.15) is 11.6 Å². The van der Waals surface area contributed by atoms with Crippen molar-refractivity contribution in [1.29, 1.82) is 0 Å². The van der Waals surface area contributed by atoms with Gasteiger partial charge in [0, 0.05) is 24.7 Å². The summed E-state index contributed by atoms with van der Waals surface area (Å²) in [6.07, 6.45) is 5.72. The molecule has 3 aromatic heterocycles. The van der Waals surface area contributed by atoms with Gasteiger partial charge in [0.05, 0.1) is 23.8 Å². The van der Waals surface area contributed by atoms with Crippen LogP contribution >= 0.6 is 0 Å². The molecule has 0 aliphatic heterocycles. The highest BCUT2D eigenvalue weighted by Crippen LogP contribution is 2.22. The fourth-order valence-electron chi connectivity index (χ4n) is 3.28. The maximum atomic E-state index is 12.3. The molecule has 29 heavy (non-hydrogen) atoms. The molecule has 0 saturated carbocycles. The first-order valence-corrected chi connectivity index (χ1v) is 9.81. The Morgan fingerprint density at radius 2 is 1.97 bits per heavy atom. The predicted molar refractivity (Wildman–Crippen MR) is 112 cm³/mol. The van der Waals surface area contributed by atoms with Crippen LogP contribution in [0.2, 0.25) is 0 Å². The summed E-state index contributed by atoms with van der Waals surface area (Å²) < 4.78 is 7.83. The maximum Gasteiger partial charge on any atom is 0.226 e. The number of pyridine rings is 1. The van der Waals surface area contributed by atoms with Crippen LogP contribution in [0.15, 0.2) is 59.3 Å². The summed E-state index contributed by atoms with van der Waals surface area (Å²) in [5.41, 5.74) is 3.85. The van der Waals surface area contributed by atoms with Crippen molar-refractivity contribution >= 4 is 11.4 Å². The zero-order valence-electron chi connectivity index (χ0n) is 16.7. The quantitative estimate of drug-likeness (QED) is 0.488. The number of amides is 1. The number of hydrogen-bond acceptors (Lipinski definition) is 4. The van der Waals surface area contributed by atoms with Gasteiger partial charge in [0.25, 0.3) is 0 Å². The molecule has 3 heterocycles. The topological polar surface area (TPSA) is 72.4 Å². The standard InChI is InChI=1S/C23H24N4O2/c1-16-8-10-18(11-9-16)23-26-20(17(2)29-23)14-22(28)24-12-5-7-21-25-15-19-6-3-4-13-27(19)21/h3-4,6,8-11,13,15H,5,7,12,14H2,1-2H3,(H,24,28). The van der Waals surface area contributed by atoms with Crippen LogP contribution < -0.4 is 5.32 Å². The van der Waals surface area contributed by atoms with Crippen LogP contribution in [-0.2, 0) is 17.6 Å². The van der Waals surface area contributed by atoms with E-state index in [4.69, 9.17) is 4.42 Å². The van der Waals surface area contributed by atoms with Gasteiger partial charge in [-0.15, -0.1) is 0 Å². The van der Waals surface area contributed by atoms with E-state index in [-0.39, 0.29) is 12.3 Å². The number of nitrogens with zero attached hydrogens (tertiary/aromatic N) is 3. The summed E-state index contributed by atoms with van der Waals surface area (Å²) in [5.74, 6) is 2.19. The Bertz CT molecular complexity index is 1130. The van der Waals surface area contributed by atoms with Crippen molar-refractivity contribution < 1.29 is 9.21 Å². The minimum absolute atomic E-state index is 0.0511. The molecule has 0 spiro atoms. The molecule has 0 aliphatic rings. The molecule has 0 fully saturated rings. The van der Waals surface area contributed by atoms with Crippen LogP contribution in [0.5, 0.6) is 0 Å². The second-order valence-electron chi connectivity index (χ2n) is 7.19. The molecule has 148 valence electrons. The van der Waals surface area contributed by atoms with Gasteiger partial charge < -0.3 is 14.1 Å². The van der Waals surface area contributed by atoms with Crippen molar-refractivity contribution in [1.82, 2.24) is 19.7 Å². The number of hydrogen-bond donors (Lipinski definition) is 1. The largest absolute Gasteiger partial charge is 0.441 e. The van der Waals surface area contributed by atoms with Gasteiger partial charge >= 0.3 is 0 Å². The fraction of sp³-hybridized carbons (Fsp3) is 0.261. The molecule has 1 aromatic carbocycles. The van der Waals surface area contributed by atoms with E-state index in [1.54, 1.807) is 0 Å². The van der Waals surface area contributed by atoms with Crippen LogP contribution in [0, 0.1) is 13.8 Å². The predicted octanol–water partition coefficient (Wildman–Crippen LogP) is 3.90. The van der Waals surface area contributed by atoms with Crippen LogP contribution in [0.1, 0.15) is 29.3 Å². The van der Waals surface area contributed by atoms with Crippen LogP contribution in [0.3, 0.4) is 0 Å². The van der Waals surface area contributed by atoms with Crippen molar-refractivity contribution in [2.24, 2.45) is 0 Å². The van der Waals surface area contributed by atoms with E-state index in [0.29, 0.717) is 23.9 Å². The molecule has 0 radical (unpaired) electrons. The molecule has 4 aromatic rings. The number of fused-ring (bicyclic) bond motifs is 1. The first-order chi connectivity index (χ1) is 14.1. The SMILES string of the molecule is Cc1ccc(-c2nc(CC(=O)NCCCc3ncc4ccccn34)c(C)o2)cc1. The Morgan fingerprint density at radius 3 is 2.79 bits per heavy atom. The van der Waals surface area contributed by atoms with Crippen molar-refractivity contribution in [3.05, 3.63) is 77.7 Å². The average Bonchev–Trinajstić information content (AvgIpc) is 3.30. The molecule has 0 unspecified atom stereocenters. The molecule has 0 atom stereocenters. The summed E-state index contributed by atoms with van der Waals surface area (Å²) in [6, 6.07) is 14.0. The maximum absolute atomic E-state index is 12.3. The second kappa shape index (κ2) is 8.31. The molecule has 0 saturated heterocycles. The van der Waals surface area contributed by atoms with E-state index >= 15 is 0 Å². The molecule has 0 aliphatic carbocycles. The number of aryl methyl sites for hydroxylation is 3. The van der Waals surface area contributed by atoms with Gasteiger partial charge in [0.2, 0.25) is 11.8 Å². The highest BCUT2D eigenvalue weighted by atomic mass is 16.4. The molecule has 4 rings (SSSR count). The highest BCUT2D eigenvalue weighted by molar-refractivity contribution is 5.78. The number of carbonyl (C=O) groups excluding carboxylic acids is 1. The Morgan fingerprint density at radius 1 is 1.14 bits per heavy atom. The summed E-state index contributed by atoms with van der Waals surface area (Å²) in [6.45, 7) is 4.48. The number of aromatic nitrogens is 3. The van der Waals surface area contributed by atoms with E-state index in [1.807, 2.05) is 68.7 Å². The number of carbonyl (C=O) groups is 1. The minimum atomic E-state index is -0.0511. The van der Waals surface area contributed by atoms with E-state index in [2.05, 4.69) is 19.7 Å². The lowest BCUT2D eigenvalue weighted by molar-refractivity contribution is -0.120. The number of rotatable bonds is 7. The normalized spacial score (nSPS) is 11.1. The first kappa shape index (κ1) is 18.9. The van der Waals surface area contributed by atoms with Crippen molar-refractivity contribution in [2.45, 2.75) is 33.1 Å². The lowest BCUT2D eigenvalue weighted by atomic mass is 10.1. The number of imidazole rings is 1. The Labute approximate surface area is 169 Å². The third-order valence-corrected chi connectivity index (χ3v) is 4.93. The molecular formula is C23H24N4O2. The monoisotopic (exact) mass is 388 g/mol. The van der Waals surface area contributed by atoms with Crippen molar-refractivity contribution in [3.63, 3.8) is 0 Å². The number of oxazole rings is 1. The fourth-order valence-corrected chi connectivity index (χ4v) is 3.28. The van der Waals surface area contributed by atoms with Crippen LogP contribution in [0.4, 0.5) is 0 Å². The van der Waals surface area contributed by atoms with Crippen molar-refractivity contribution in [3.8, 4) is 11.5 Å². The zero-order valence-corrected chi connectivity index (χ0v) is 16.7. The Balaban J connectivity index is 1.29. The third-order valence-electron chi connectivity index (χ3n) is 4.93. The van der Waals surface area contributed by atoms with Gasteiger partial charge in [-0.3, -0.25) is 4.79 Å². The number of benzene rings is 1. The lowest BCUT2D eigenvalue weighted by Crippen LogP contribution is -2.26. The Hall–Kier alpha value is -3.41. The van der Waals surface area contributed by atoms with Gasteiger partial charge in [-0.2, -0.15) is 0 Å². The zero-order chi connectivity index (χ0) is 20.2. The summed E-state index contributed by atoms with van der Waals surface area (Å²) in [7, 11) is 0. The molecule has 0 bridgehead atoms. The lowest BCUT2D eigenvalue weighted by Gasteiger charge is -2.04. The first-order valence-electron chi connectivity index (χ1n) is 9.81. The van der Waals surface area contributed by atoms with Crippen molar-refractivity contribution in [2.75, 3.05) is 6.54 Å². The van der Waals surface area contributed by atoms with Gasteiger partial charge in [0.15, 0.2) is 0 Å². The van der Waals surface area contributed by atoms with Crippen LogP contribution in [-0.4, -0.2) is 26.8 Å². The van der Waals surface area contributed by atoms with Gasteiger partial charge in [-0.05, 0) is 44.5 Å². The molecule has 1 N–H and O–H groups in total. The summed E-state index contributed by atoms with van der Waals surface area (Å²) in [5, 5.41) is 2.97. The summed E-state index contributed by atoms with van der Waals surface area (Å²) in [4.78, 5) is 21.3. The van der Waals surface area contributed by atoms with E-state index < -0.39 is 0 Å². The molecular weight excluding hydrogens is 364 g/mol. The smallest absolute Gasteiger partial charge is 0.226 e.